The third kappa shape index (κ3) is 3.05. The molecule has 1 saturated heterocycles. The Bertz CT molecular complexity index is 460. The largest absolute Gasteiger partial charge is 0.479 e. The summed E-state index contributed by atoms with van der Waals surface area (Å²) in [6.45, 7) is 2.30. The van der Waals surface area contributed by atoms with Crippen molar-refractivity contribution in [2.75, 3.05) is 0 Å². The highest BCUT2D eigenvalue weighted by atomic mass is 32.1. The van der Waals surface area contributed by atoms with E-state index in [-0.39, 0.29) is 5.91 Å². The van der Waals surface area contributed by atoms with Gasteiger partial charge in [0.15, 0.2) is 6.10 Å². The van der Waals surface area contributed by atoms with Gasteiger partial charge in [-0.1, -0.05) is 0 Å². The van der Waals surface area contributed by atoms with Crippen molar-refractivity contribution in [2.45, 2.75) is 38.5 Å². The number of carboxylic acid groups (broad SMARTS) is 1. The molecule has 0 spiro atoms. The van der Waals surface area contributed by atoms with Crippen LogP contribution in [0.25, 0.3) is 0 Å². The van der Waals surface area contributed by atoms with E-state index in [2.05, 4.69) is 10.3 Å². The Morgan fingerprint density at radius 3 is 2.83 bits per heavy atom. The average Bonchev–Trinajstić information content (AvgIpc) is 2.94. The fourth-order valence-corrected chi connectivity index (χ4v) is 2.50. The quantitative estimate of drug-likeness (QED) is 0.840. The lowest BCUT2D eigenvalue weighted by Crippen LogP contribution is -2.35. The molecule has 1 aromatic rings. The van der Waals surface area contributed by atoms with Crippen LogP contribution in [0, 0.1) is 6.92 Å². The van der Waals surface area contributed by atoms with Crippen molar-refractivity contribution in [3.63, 3.8) is 0 Å². The van der Waals surface area contributed by atoms with Crippen molar-refractivity contribution in [3.05, 3.63) is 16.1 Å². The molecule has 1 aromatic heterocycles. The van der Waals surface area contributed by atoms with Gasteiger partial charge in [-0.25, -0.2) is 9.78 Å². The van der Waals surface area contributed by atoms with E-state index in [1.807, 2.05) is 6.92 Å². The minimum Gasteiger partial charge on any atom is -0.479 e. The first kappa shape index (κ1) is 13.0. The summed E-state index contributed by atoms with van der Waals surface area (Å²) in [7, 11) is 0. The molecule has 0 unspecified atom stereocenters. The molecule has 0 radical (unpaired) electrons. The van der Waals surface area contributed by atoms with Crippen molar-refractivity contribution < 1.29 is 19.4 Å². The maximum atomic E-state index is 11.7. The molecule has 18 heavy (non-hydrogen) atoms. The summed E-state index contributed by atoms with van der Waals surface area (Å²) in [6.07, 6.45) is 1.05. The van der Waals surface area contributed by atoms with E-state index in [4.69, 9.17) is 9.84 Å². The molecule has 1 aliphatic heterocycles. The Balaban J connectivity index is 1.80. The van der Waals surface area contributed by atoms with Crippen LogP contribution >= 0.6 is 11.3 Å². The molecule has 2 rings (SSSR count). The first-order chi connectivity index (χ1) is 8.56. The number of amides is 1. The van der Waals surface area contributed by atoms with E-state index in [0.29, 0.717) is 19.4 Å². The lowest BCUT2D eigenvalue weighted by Gasteiger charge is -2.10. The number of thiazole rings is 1. The van der Waals surface area contributed by atoms with Crippen LogP contribution in [-0.2, 0) is 20.9 Å². The molecule has 7 heteroatoms. The Hall–Kier alpha value is -1.47. The van der Waals surface area contributed by atoms with Crippen LogP contribution in [0.15, 0.2) is 6.20 Å². The molecule has 0 bridgehead atoms. The van der Waals surface area contributed by atoms with Crippen LogP contribution in [-0.4, -0.2) is 34.2 Å². The van der Waals surface area contributed by atoms with E-state index in [9.17, 15) is 9.59 Å². The van der Waals surface area contributed by atoms with E-state index in [1.54, 1.807) is 6.20 Å². The SMILES string of the molecule is Cc1cnc(CNC(=O)[C@@H]2CC[C@H](C(=O)O)O2)s1. The molecule has 2 heterocycles. The summed E-state index contributed by atoms with van der Waals surface area (Å²) < 4.78 is 5.15. The highest BCUT2D eigenvalue weighted by Crippen LogP contribution is 2.20. The van der Waals surface area contributed by atoms with Crippen molar-refractivity contribution >= 4 is 23.2 Å². The number of hydrogen-bond donors (Lipinski definition) is 2. The highest BCUT2D eigenvalue weighted by molar-refractivity contribution is 7.11. The first-order valence-corrected chi connectivity index (χ1v) is 6.45. The van der Waals surface area contributed by atoms with Gasteiger partial charge in [-0.05, 0) is 19.8 Å². The zero-order valence-corrected chi connectivity index (χ0v) is 10.7. The average molecular weight is 270 g/mol. The second-order valence-electron chi connectivity index (χ2n) is 4.11. The van der Waals surface area contributed by atoms with Crippen LogP contribution in [0.1, 0.15) is 22.7 Å². The number of carbonyl (C=O) groups excluding carboxylic acids is 1. The van der Waals surface area contributed by atoms with Crippen molar-refractivity contribution in [1.29, 1.82) is 0 Å². The first-order valence-electron chi connectivity index (χ1n) is 5.63. The van der Waals surface area contributed by atoms with Gasteiger partial charge in [-0.2, -0.15) is 0 Å². The van der Waals surface area contributed by atoms with E-state index in [1.165, 1.54) is 11.3 Å². The standard InChI is InChI=1S/C11H14N2O4S/c1-6-4-12-9(18-6)5-13-10(14)7-2-3-8(17-7)11(15)16/h4,7-8H,2-3,5H2,1H3,(H,13,14)(H,15,16)/t7-,8+/m0/s1. The van der Waals surface area contributed by atoms with Crippen molar-refractivity contribution in [2.24, 2.45) is 0 Å². The number of nitrogens with one attached hydrogen (secondary N) is 1. The van der Waals surface area contributed by atoms with Gasteiger partial charge in [-0.3, -0.25) is 4.79 Å². The molecular formula is C11H14N2O4S. The molecule has 1 amide bonds. The van der Waals surface area contributed by atoms with Crippen molar-refractivity contribution in [3.8, 4) is 0 Å². The zero-order valence-electron chi connectivity index (χ0n) is 9.88. The maximum Gasteiger partial charge on any atom is 0.332 e. The normalized spacial score (nSPS) is 22.9. The smallest absolute Gasteiger partial charge is 0.332 e. The van der Waals surface area contributed by atoms with E-state index >= 15 is 0 Å². The lowest BCUT2D eigenvalue weighted by molar-refractivity contribution is -0.151. The highest BCUT2D eigenvalue weighted by Gasteiger charge is 2.34. The molecule has 2 N–H and O–H groups in total. The molecular weight excluding hydrogens is 256 g/mol. The van der Waals surface area contributed by atoms with Gasteiger partial charge in [0, 0.05) is 11.1 Å². The summed E-state index contributed by atoms with van der Waals surface area (Å²) in [6, 6.07) is 0. The number of ether oxygens (including phenoxy) is 1. The summed E-state index contributed by atoms with van der Waals surface area (Å²) in [5.41, 5.74) is 0. The monoisotopic (exact) mass is 270 g/mol. The minimum absolute atomic E-state index is 0.272. The fourth-order valence-electron chi connectivity index (χ4n) is 1.77. The Kier molecular flexibility index (Phi) is 3.93. The van der Waals surface area contributed by atoms with Crippen LogP contribution in [0.4, 0.5) is 0 Å². The van der Waals surface area contributed by atoms with Gasteiger partial charge in [0.2, 0.25) is 5.91 Å². The number of hydrogen-bond acceptors (Lipinski definition) is 5. The van der Waals surface area contributed by atoms with Gasteiger partial charge in [0.05, 0.1) is 6.54 Å². The zero-order chi connectivity index (χ0) is 13.1. The number of carbonyl (C=O) groups is 2. The van der Waals surface area contributed by atoms with Gasteiger partial charge in [-0.15, -0.1) is 11.3 Å². The predicted molar refractivity (Wildman–Crippen MR) is 64.2 cm³/mol. The van der Waals surface area contributed by atoms with Gasteiger partial charge in [0.1, 0.15) is 11.1 Å². The molecule has 2 atom stereocenters. The fraction of sp³-hybridized carbons (Fsp3) is 0.545. The van der Waals surface area contributed by atoms with Crippen LogP contribution < -0.4 is 5.32 Å². The van der Waals surface area contributed by atoms with Gasteiger partial charge in [0.25, 0.3) is 0 Å². The second kappa shape index (κ2) is 5.45. The Morgan fingerprint density at radius 1 is 1.56 bits per heavy atom. The molecule has 0 saturated carbocycles. The van der Waals surface area contributed by atoms with Crippen LogP contribution in [0.5, 0.6) is 0 Å². The summed E-state index contributed by atoms with van der Waals surface area (Å²) >= 11 is 1.52. The Labute approximate surface area is 108 Å². The summed E-state index contributed by atoms with van der Waals surface area (Å²) in [5.74, 6) is -1.28. The maximum absolute atomic E-state index is 11.7. The molecule has 6 nitrogen and oxygen atoms in total. The third-order valence-corrected chi connectivity index (χ3v) is 3.58. The third-order valence-electron chi connectivity index (χ3n) is 2.67. The van der Waals surface area contributed by atoms with Crippen LogP contribution in [0.2, 0.25) is 0 Å². The molecule has 0 aliphatic carbocycles. The minimum atomic E-state index is -1.01. The number of aryl methyl sites for hydroxylation is 1. The Morgan fingerprint density at radius 2 is 2.28 bits per heavy atom. The summed E-state index contributed by atoms with van der Waals surface area (Å²) in [5, 5.41) is 12.3. The molecule has 1 aliphatic rings. The van der Waals surface area contributed by atoms with Crippen LogP contribution in [0.3, 0.4) is 0 Å². The van der Waals surface area contributed by atoms with Crippen molar-refractivity contribution in [1.82, 2.24) is 10.3 Å². The predicted octanol–water partition coefficient (Wildman–Crippen LogP) is 0.700. The molecule has 1 fully saturated rings. The summed E-state index contributed by atoms with van der Waals surface area (Å²) in [4.78, 5) is 27.6. The van der Waals surface area contributed by atoms with Gasteiger partial charge >= 0.3 is 5.97 Å². The lowest BCUT2D eigenvalue weighted by atomic mass is 10.2. The second-order valence-corrected chi connectivity index (χ2v) is 5.43. The number of carboxylic acids is 1. The van der Waals surface area contributed by atoms with E-state index < -0.39 is 18.2 Å². The molecule has 0 aromatic carbocycles. The molecule has 98 valence electrons. The number of aromatic nitrogens is 1. The number of aliphatic carboxylic acids is 1. The number of rotatable bonds is 4. The van der Waals surface area contributed by atoms with Gasteiger partial charge < -0.3 is 15.2 Å². The topological polar surface area (TPSA) is 88.5 Å². The number of nitrogens with zero attached hydrogens (tertiary/aromatic N) is 1. The van der Waals surface area contributed by atoms with E-state index in [0.717, 1.165) is 9.88 Å².